The van der Waals surface area contributed by atoms with Gasteiger partial charge in [-0.1, -0.05) is 42.5 Å². The molecule has 0 radical (unpaired) electrons. The molecule has 3 aromatic rings. The number of carbonyl (C=O) groups is 1. The average molecular weight is 473 g/mol. The number of aromatic nitrogens is 2. The average Bonchev–Trinajstić information content (AvgIpc) is 2.82. The minimum absolute atomic E-state index is 0.0124. The fourth-order valence-corrected chi connectivity index (χ4v) is 3.30. The van der Waals surface area contributed by atoms with Gasteiger partial charge in [-0.2, -0.15) is 0 Å². The molecule has 0 aliphatic rings. The second-order valence-corrected chi connectivity index (χ2v) is 6.94. The maximum Gasteiger partial charge on any atom is 0.357 e. The molecule has 1 N–H and O–H groups in total. The highest BCUT2D eigenvalue weighted by Crippen LogP contribution is 2.35. The summed E-state index contributed by atoms with van der Waals surface area (Å²) in [4.78, 5) is 31.7. The lowest BCUT2D eigenvalue weighted by molar-refractivity contribution is -0.385. The molecule has 0 spiro atoms. The van der Waals surface area contributed by atoms with Crippen molar-refractivity contribution in [2.45, 2.75) is 6.54 Å². The Balaban J connectivity index is 2.15. The molecule has 0 unspecified atom stereocenters. The van der Waals surface area contributed by atoms with Crippen LogP contribution in [0.4, 0.5) is 15.9 Å². The number of hydrogen-bond acceptors (Lipinski definition) is 8. The van der Waals surface area contributed by atoms with Crippen molar-refractivity contribution in [3.05, 3.63) is 80.8 Å². The van der Waals surface area contributed by atoms with Crippen molar-refractivity contribution in [1.29, 1.82) is 0 Å². The van der Waals surface area contributed by atoms with Gasteiger partial charge in [0.05, 0.1) is 29.7 Å². The molecular weight excluding hydrogens is 455 g/mol. The lowest BCUT2D eigenvalue weighted by Crippen LogP contribution is -2.14. The minimum Gasteiger partial charge on any atom is -0.492 e. The highest BCUT2D eigenvalue weighted by atomic mass is 35.5. The standard InChI is InChI=1S/C22H18ClFN4O5/c1-4-13-18(22(29)33-3)26-21(14-9-10-15(23)19(32-2)17(14)24)27-20(13)25-11-12-7-5-6-8-16(12)28(30)31/h4-10H,1,11H2,2-3H3,(H,25,26,27). The largest absolute Gasteiger partial charge is 0.492 e. The minimum atomic E-state index is -0.822. The summed E-state index contributed by atoms with van der Waals surface area (Å²) in [5.74, 6) is -1.89. The van der Waals surface area contributed by atoms with Gasteiger partial charge < -0.3 is 14.8 Å². The van der Waals surface area contributed by atoms with Crippen molar-refractivity contribution < 1.29 is 23.6 Å². The van der Waals surface area contributed by atoms with Gasteiger partial charge in [-0.25, -0.2) is 19.2 Å². The highest BCUT2D eigenvalue weighted by molar-refractivity contribution is 6.32. The van der Waals surface area contributed by atoms with Gasteiger partial charge in [-0.05, 0) is 12.1 Å². The molecule has 0 saturated carbocycles. The van der Waals surface area contributed by atoms with Crippen LogP contribution in [0.5, 0.6) is 5.75 Å². The number of para-hydroxylation sites is 1. The third-order valence-corrected chi connectivity index (χ3v) is 4.95. The van der Waals surface area contributed by atoms with Crippen molar-refractivity contribution >= 4 is 35.2 Å². The number of nitro groups is 1. The van der Waals surface area contributed by atoms with Crippen LogP contribution in [-0.2, 0) is 11.3 Å². The quantitative estimate of drug-likeness (QED) is 0.279. The van der Waals surface area contributed by atoms with Crippen LogP contribution in [0.2, 0.25) is 5.02 Å². The molecule has 0 atom stereocenters. The number of rotatable bonds is 8. The predicted octanol–water partition coefficient (Wildman–Crippen LogP) is 4.89. The monoisotopic (exact) mass is 472 g/mol. The maximum absolute atomic E-state index is 15.0. The fourth-order valence-electron chi connectivity index (χ4n) is 3.08. The van der Waals surface area contributed by atoms with Gasteiger partial charge in [0.15, 0.2) is 23.1 Å². The van der Waals surface area contributed by atoms with Gasteiger partial charge in [0.2, 0.25) is 0 Å². The Morgan fingerprint density at radius 1 is 1.27 bits per heavy atom. The molecule has 0 amide bonds. The van der Waals surface area contributed by atoms with E-state index in [4.69, 9.17) is 21.1 Å². The zero-order valence-corrected chi connectivity index (χ0v) is 18.4. The van der Waals surface area contributed by atoms with E-state index in [1.54, 1.807) is 18.2 Å². The molecule has 11 heteroatoms. The van der Waals surface area contributed by atoms with Crippen LogP contribution in [0.3, 0.4) is 0 Å². The Morgan fingerprint density at radius 2 is 2.00 bits per heavy atom. The van der Waals surface area contributed by atoms with Crippen molar-refractivity contribution in [2.75, 3.05) is 19.5 Å². The Labute approximate surface area is 193 Å². The number of esters is 1. The normalized spacial score (nSPS) is 10.4. The number of ether oxygens (including phenoxy) is 2. The van der Waals surface area contributed by atoms with Crippen molar-refractivity contribution in [3.63, 3.8) is 0 Å². The van der Waals surface area contributed by atoms with E-state index >= 15 is 4.39 Å². The van der Waals surface area contributed by atoms with Gasteiger partial charge in [-0.3, -0.25) is 10.1 Å². The molecule has 0 fully saturated rings. The van der Waals surface area contributed by atoms with E-state index in [1.165, 1.54) is 38.5 Å². The van der Waals surface area contributed by atoms with Crippen LogP contribution >= 0.6 is 11.6 Å². The lowest BCUT2D eigenvalue weighted by atomic mass is 10.1. The van der Waals surface area contributed by atoms with Crippen LogP contribution in [0, 0.1) is 15.9 Å². The van der Waals surface area contributed by atoms with E-state index < -0.39 is 16.7 Å². The van der Waals surface area contributed by atoms with Gasteiger partial charge in [0.25, 0.3) is 5.69 Å². The molecule has 1 heterocycles. The van der Waals surface area contributed by atoms with E-state index in [2.05, 4.69) is 21.9 Å². The van der Waals surface area contributed by atoms with Crippen molar-refractivity contribution in [3.8, 4) is 17.1 Å². The third kappa shape index (κ3) is 4.75. The summed E-state index contributed by atoms with van der Waals surface area (Å²) in [6.07, 6.45) is 1.33. The molecule has 170 valence electrons. The first-order valence-corrected chi connectivity index (χ1v) is 9.81. The molecule has 0 aliphatic carbocycles. The predicted molar refractivity (Wildman–Crippen MR) is 121 cm³/mol. The van der Waals surface area contributed by atoms with Crippen molar-refractivity contribution in [1.82, 2.24) is 9.97 Å². The number of methoxy groups -OCH3 is 2. The molecule has 1 aromatic heterocycles. The van der Waals surface area contributed by atoms with E-state index in [1.807, 2.05) is 0 Å². The maximum atomic E-state index is 15.0. The topological polar surface area (TPSA) is 116 Å². The smallest absolute Gasteiger partial charge is 0.357 e. The molecule has 2 aromatic carbocycles. The number of nitrogens with one attached hydrogen (secondary N) is 1. The zero-order valence-electron chi connectivity index (χ0n) is 17.6. The highest BCUT2D eigenvalue weighted by Gasteiger charge is 2.23. The second-order valence-electron chi connectivity index (χ2n) is 6.54. The number of nitro benzene ring substituents is 1. The first kappa shape index (κ1) is 23.6. The van der Waals surface area contributed by atoms with Gasteiger partial charge in [0.1, 0.15) is 5.82 Å². The Bertz CT molecular complexity index is 1250. The third-order valence-electron chi connectivity index (χ3n) is 4.66. The number of carbonyl (C=O) groups excluding carboxylic acids is 1. The molecule has 9 nitrogen and oxygen atoms in total. The van der Waals surface area contributed by atoms with E-state index in [0.717, 1.165) is 0 Å². The van der Waals surface area contributed by atoms with E-state index in [9.17, 15) is 14.9 Å². The first-order chi connectivity index (χ1) is 15.8. The Morgan fingerprint density at radius 3 is 2.64 bits per heavy atom. The molecule has 0 aliphatic heterocycles. The van der Waals surface area contributed by atoms with Gasteiger partial charge in [0, 0.05) is 23.7 Å². The van der Waals surface area contributed by atoms with Crippen molar-refractivity contribution in [2.24, 2.45) is 0 Å². The number of halogens is 2. The summed E-state index contributed by atoms with van der Waals surface area (Å²) >= 11 is 5.97. The fraction of sp³-hybridized carbons (Fsp3) is 0.136. The number of anilines is 1. The Kier molecular flexibility index (Phi) is 7.19. The summed E-state index contributed by atoms with van der Waals surface area (Å²) < 4.78 is 24.8. The first-order valence-electron chi connectivity index (χ1n) is 9.43. The second kappa shape index (κ2) is 10.0. The van der Waals surface area contributed by atoms with Crippen LogP contribution in [0.25, 0.3) is 17.5 Å². The SMILES string of the molecule is C=Cc1c(NCc2ccccc2[N+](=O)[O-])nc(-c2ccc(Cl)c(OC)c2F)nc1C(=O)OC. The van der Waals surface area contributed by atoms with Crippen LogP contribution in [0.1, 0.15) is 21.6 Å². The molecule has 0 saturated heterocycles. The van der Waals surface area contributed by atoms with Gasteiger partial charge >= 0.3 is 5.97 Å². The van der Waals surface area contributed by atoms with E-state index in [-0.39, 0.29) is 51.5 Å². The van der Waals surface area contributed by atoms with Crippen LogP contribution in [0.15, 0.2) is 43.0 Å². The number of hydrogen-bond donors (Lipinski definition) is 1. The Hall–Kier alpha value is -4.05. The summed E-state index contributed by atoms with van der Waals surface area (Å²) in [6.45, 7) is 3.67. The summed E-state index contributed by atoms with van der Waals surface area (Å²) in [7, 11) is 2.43. The summed E-state index contributed by atoms with van der Waals surface area (Å²) in [6, 6.07) is 8.89. The van der Waals surface area contributed by atoms with Crippen LogP contribution in [-0.4, -0.2) is 35.1 Å². The molecule has 0 bridgehead atoms. The molecule has 3 rings (SSSR count). The lowest BCUT2D eigenvalue weighted by Gasteiger charge is -2.15. The summed E-state index contributed by atoms with van der Waals surface area (Å²) in [5, 5.41) is 14.3. The van der Waals surface area contributed by atoms with Crippen LogP contribution < -0.4 is 10.1 Å². The number of benzene rings is 2. The number of nitrogens with zero attached hydrogens (tertiary/aromatic N) is 3. The summed E-state index contributed by atoms with van der Waals surface area (Å²) in [5.41, 5.74) is 0.213. The van der Waals surface area contributed by atoms with E-state index in [0.29, 0.717) is 5.56 Å². The molecular formula is C22H18ClFN4O5. The molecule has 33 heavy (non-hydrogen) atoms. The zero-order chi connectivity index (χ0) is 24.1. The van der Waals surface area contributed by atoms with Gasteiger partial charge in [-0.15, -0.1) is 0 Å².